The molecule has 6 heteroatoms. The number of ether oxygens (including phenoxy) is 1. The van der Waals surface area contributed by atoms with E-state index in [0.717, 1.165) is 17.3 Å². The summed E-state index contributed by atoms with van der Waals surface area (Å²) in [6, 6.07) is 12.8. The maximum absolute atomic E-state index is 13.0. The summed E-state index contributed by atoms with van der Waals surface area (Å²) < 4.78 is 18.2. The van der Waals surface area contributed by atoms with Gasteiger partial charge in [-0.2, -0.15) is 0 Å². The number of benzene rings is 2. The number of anilines is 1. The number of hydrogen-bond donors (Lipinski definition) is 1. The van der Waals surface area contributed by atoms with Gasteiger partial charge in [0.25, 0.3) is 5.91 Å². The molecule has 0 saturated carbocycles. The molecule has 0 spiro atoms. The average Bonchev–Trinajstić information content (AvgIpc) is 2.83. The van der Waals surface area contributed by atoms with Gasteiger partial charge in [0.1, 0.15) is 11.6 Å². The lowest BCUT2D eigenvalue weighted by atomic mass is 10.2. The molecule has 1 aliphatic rings. The van der Waals surface area contributed by atoms with Crippen molar-refractivity contribution in [2.24, 2.45) is 0 Å². The Balaban J connectivity index is 1.91. The minimum Gasteiger partial charge on any atom is -0.497 e. The molecule has 2 aromatic rings. The average molecular weight is 328 g/mol. The van der Waals surface area contributed by atoms with Crippen molar-refractivity contribution in [2.75, 3.05) is 12.0 Å². The molecular formula is C17H13FN2O2S. The van der Waals surface area contributed by atoms with Crippen LogP contribution in [0.5, 0.6) is 5.75 Å². The normalized spacial score (nSPS) is 16.3. The second-order valence-corrected chi connectivity index (χ2v) is 5.84. The highest BCUT2D eigenvalue weighted by molar-refractivity contribution is 8.19. The lowest BCUT2D eigenvalue weighted by Gasteiger charge is -2.13. The van der Waals surface area contributed by atoms with Gasteiger partial charge in [-0.25, -0.2) is 4.39 Å². The number of halogens is 1. The van der Waals surface area contributed by atoms with Crippen molar-refractivity contribution in [3.63, 3.8) is 0 Å². The van der Waals surface area contributed by atoms with Crippen LogP contribution in [0, 0.1) is 11.2 Å². The fourth-order valence-corrected chi connectivity index (χ4v) is 3.06. The van der Waals surface area contributed by atoms with Gasteiger partial charge in [-0.3, -0.25) is 15.1 Å². The van der Waals surface area contributed by atoms with Crippen molar-refractivity contribution in [3.8, 4) is 5.75 Å². The summed E-state index contributed by atoms with van der Waals surface area (Å²) >= 11 is 1.08. The molecule has 3 rings (SSSR count). The number of nitrogens with zero attached hydrogens (tertiary/aromatic N) is 1. The second-order valence-electron chi connectivity index (χ2n) is 4.81. The minimum atomic E-state index is -0.383. The van der Waals surface area contributed by atoms with Crippen LogP contribution in [0.4, 0.5) is 10.1 Å². The molecule has 0 aliphatic carbocycles. The van der Waals surface area contributed by atoms with Crippen LogP contribution in [-0.4, -0.2) is 18.2 Å². The maximum Gasteiger partial charge on any atom is 0.271 e. The standard InChI is InChI=1S/C17H13FN2O2S/c1-22-14-4-2-3-11(9-14)10-15-16(21)20(17(19)23-15)13-7-5-12(18)6-8-13/h2-10,19H,1H3/b15-10+,19-17?. The summed E-state index contributed by atoms with van der Waals surface area (Å²) in [5.41, 5.74) is 1.29. The summed E-state index contributed by atoms with van der Waals surface area (Å²) in [4.78, 5) is 14.2. The lowest BCUT2D eigenvalue weighted by molar-refractivity contribution is -0.113. The van der Waals surface area contributed by atoms with Gasteiger partial charge in [0, 0.05) is 0 Å². The van der Waals surface area contributed by atoms with Crippen molar-refractivity contribution in [1.82, 2.24) is 0 Å². The number of amides is 1. The van der Waals surface area contributed by atoms with Gasteiger partial charge < -0.3 is 4.74 Å². The number of amidine groups is 1. The zero-order chi connectivity index (χ0) is 16.4. The van der Waals surface area contributed by atoms with E-state index in [1.165, 1.54) is 29.2 Å². The van der Waals surface area contributed by atoms with Gasteiger partial charge in [0.2, 0.25) is 0 Å². The summed E-state index contributed by atoms with van der Waals surface area (Å²) in [5.74, 6) is 0.0152. The molecule has 0 radical (unpaired) electrons. The SMILES string of the molecule is COc1cccc(/C=C2/SC(=N)N(c3ccc(F)cc3)C2=O)c1. The molecule has 0 bridgehead atoms. The summed E-state index contributed by atoms with van der Waals surface area (Å²) in [7, 11) is 1.58. The Kier molecular flexibility index (Phi) is 4.16. The van der Waals surface area contributed by atoms with Crippen LogP contribution in [-0.2, 0) is 4.79 Å². The Bertz CT molecular complexity index is 802. The smallest absolute Gasteiger partial charge is 0.271 e. The highest BCUT2D eigenvalue weighted by atomic mass is 32.2. The van der Waals surface area contributed by atoms with Crippen molar-refractivity contribution in [2.45, 2.75) is 0 Å². The molecule has 0 atom stereocenters. The minimum absolute atomic E-state index is 0.0933. The Morgan fingerprint density at radius 2 is 1.96 bits per heavy atom. The number of methoxy groups -OCH3 is 1. The quantitative estimate of drug-likeness (QED) is 0.870. The van der Waals surface area contributed by atoms with Gasteiger partial charge in [0.05, 0.1) is 17.7 Å². The molecule has 23 heavy (non-hydrogen) atoms. The van der Waals surface area contributed by atoms with Gasteiger partial charge in [-0.1, -0.05) is 12.1 Å². The van der Waals surface area contributed by atoms with Crippen LogP contribution in [0.15, 0.2) is 53.4 Å². The van der Waals surface area contributed by atoms with Crippen LogP contribution >= 0.6 is 11.8 Å². The molecule has 1 amide bonds. The second kappa shape index (κ2) is 6.26. The number of hydrogen-bond acceptors (Lipinski definition) is 4. The Hall–Kier alpha value is -2.60. The maximum atomic E-state index is 13.0. The Morgan fingerprint density at radius 3 is 2.65 bits per heavy atom. The molecule has 1 aliphatic heterocycles. The van der Waals surface area contributed by atoms with Gasteiger partial charge in [0.15, 0.2) is 5.17 Å². The topological polar surface area (TPSA) is 53.4 Å². The van der Waals surface area contributed by atoms with Crippen LogP contribution in [0.1, 0.15) is 5.56 Å². The molecule has 1 heterocycles. The molecule has 1 N–H and O–H groups in total. The fourth-order valence-electron chi connectivity index (χ4n) is 2.19. The molecule has 2 aromatic carbocycles. The first-order valence-corrected chi connectivity index (χ1v) is 7.62. The van der Waals surface area contributed by atoms with E-state index in [1.54, 1.807) is 13.2 Å². The van der Waals surface area contributed by atoms with Crippen LogP contribution in [0.3, 0.4) is 0 Å². The Morgan fingerprint density at radius 1 is 1.22 bits per heavy atom. The number of nitrogens with one attached hydrogen (secondary N) is 1. The third-order valence-electron chi connectivity index (χ3n) is 3.30. The van der Waals surface area contributed by atoms with Crippen LogP contribution in [0.2, 0.25) is 0 Å². The summed E-state index contributed by atoms with van der Waals surface area (Å²) in [5, 5.41) is 8.10. The van der Waals surface area contributed by atoms with Crippen molar-refractivity contribution >= 4 is 34.6 Å². The van der Waals surface area contributed by atoms with E-state index in [9.17, 15) is 9.18 Å². The van der Waals surface area contributed by atoms with E-state index >= 15 is 0 Å². The highest BCUT2D eigenvalue weighted by Crippen LogP contribution is 2.35. The van der Waals surface area contributed by atoms with E-state index in [2.05, 4.69) is 0 Å². The molecular weight excluding hydrogens is 315 g/mol. The van der Waals surface area contributed by atoms with E-state index < -0.39 is 0 Å². The molecule has 1 saturated heterocycles. The summed E-state index contributed by atoms with van der Waals surface area (Å²) in [6.07, 6.45) is 1.72. The zero-order valence-corrected chi connectivity index (χ0v) is 13.1. The predicted octanol–water partition coefficient (Wildman–Crippen LogP) is 3.89. The first-order chi connectivity index (χ1) is 11.1. The molecule has 116 valence electrons. The van der Waals surface area contributed by atoms with Crippen molar-refractivity contribution < 1.29 is 13.9 Å². The third-order valence-corrected chi connectivity index (χ3v) is 4.19. The molecule has 1 fully saturated rings. The first kappa shape index (κ1) is 15.3. The van der Waals surface area contributed by atoms with Crippen molar-refractivity contribution in [1.29, 1.82) is 5.41 Å². The largest absolute Gasteiger partial charge is 0.497 e. The monoisotopic (exact) mass is 328 g/mol. The molecule has 0 unspecified atom stereocenters. The van der Waals surface area contributed by atoms with Crippen LogP contribution < -0.4 is 9.64 Å². The number of rotatable bonds is 3. The van der Waals surface area contributed by atoms with E-state index in [4.69, 9.17) is 10.1 Å². The number of carbonyl (C=O) groups excluding carboxylic acids is 1. The van der Waals surface area contributed by atoms with Crippen LogP contribution in [0.25, 0.3) is 6.08 Å². The molecule has 0 aromatic heterocycles. The highest BCUT2D eigenvalue weighted by Gasteiger charge is 2.33. The predicted molar refractivity (Wildman–Crippen MR) is 90.2 cm³/mol. The van der Waals surface area contributed by atoms with E-state index in [0.29, 0.717) is 16.3 Å². The van der Waals surface area contributed by atoms with Gasteiger partial charge in [-0.15, -0.1) is 0 Å². The van der Waals surface area contributed by atoms with Crippen molar-refractivity contribution in [3.05, 3.63) is 64.8 Å². The third kappa shape index (κ3) is 3.12. The first-order valence-electron chi connectivity index (χ1n) is 6.80. The summed E-state index contributed by atoms with van der Waals surface area (Å²) in [6.45, 7) is 0. The van der Waals surface area contributed by atoms with Gasteiger partial charge in [-0.05, 0) is 59.8 Å². The molecule has 4 nitrogen and oxygen atoms in total. The number of thioether (sulfide) groups is 1. The zero-order valence-electron chi connectivity index (χ0n) is 12.2. The number of carbonyl (C=O) groups is 1. The fraction of sp³-hybridized carbons (Fsp3) is 0.0588. The Labute approximate surface area is 137 Å². The van der Waals surface area contributed by atoms with E-state index in [1.807, 2.05) is 24.3 Å². The van der Waals surface area contributed by atoms with Gasteiger partial charge >= 0.3 is 0 Å². The van der Waals surface area contributed by atoms with E-state index in [-0.39, 0.29) is 16.9 Å². The lowest BCUT2D eigenvalue weighted by Crippen LogP contribution is -2.28.